The predicted molar refractivity (Wildman–Crippen MR) is 33.7 cm³/mol. The van der Waals surface area contributed by atoms with Gasteiger partial charge in [-0.15, -0.1) is 0 Å². The lowest BCUT2D eigenvalue weighted by molar-refractivity contribution is 0.210. The summed E-state index contributed by atoms with van der Waals surface area (Å²) in [5.74, 6) is 0.909. The first-order valence-corrected chi connectivity index (χ1v) is 2.71. The maximum Gasteiger partial charge on any atom is 0.410 e. The van der Waals surface area contributed by atoms with E-state index in [0.29, 0.717) is 11.5 Å². The molecule has 0 fully saturated rings. The molecule has 0 atom stereocenters. The molecule has 4 nitrogen and oxygen atoms in total. The molecule has 2 N–H and O–H groups in total. The molecule has 0 spiro atoms. The highest BCUT2D eigenvalue weighted by Gasteiger charge is 2.03. The normalized spacial score (nSPS) is 9.30. The molecule has 0 aliphatic rings. The molecule has 1 aromatic heterocycles. The summed E-state index contributed by atoms with van der Waals surface area (Å²) in [6.45, 7) is 1.68. The van der Waals surface area contributed by atoms with Crippen LogP contribution in [0, 0.1) is 6.92 Å². The van der Waals surface area contributed by atoms with Crippen molar-refractivity contribution in [2.75, 3.05) is 0 Å². The Hall–Kier alpha value is -1.45. The van der Waals surface area contributed by atoms with Crippen molar-refractivity contribution < 1.29 is 13.9 Å². The molecule has 1 rings (SSSR count). The Kier molecular flexibility index (Phi) is 1.62. The van der Waals surface area contributed by atoms with Gasteiger partial charge in [-0.3, -0.25) is 0 Å². The fraction of sp³-hybridized carbons (Fsp3) is 0.167. The van der Waals surface area contributed by atoms with Crippen molar-refractivity contribution >= 4 is 6.09 Å². The van der Waals surface area contributed by atoms with Gasteiger partial charge in [0.05, 0.1) is 6.26 Å². The molecule has 0 radical (unpaired) electrons. The number of primary amides is 1. The molecule has 4 heteroatoms. The molecule has 0 unspecified atom stereocenters. The number of carbonyl (C=O) groups is 1. The highest BCUT2D eigenvalue weighted by atomic mass is 16.6. The van der Waals surface area contributed by atoms with Gasteiger partial charge in [0.25, 0.3) is 0 Å². The average Bonchev–Trinajstić information content (AvgIpc) is 2.15. The minimum absolute atomic E-state index is 0.368. The zero-order valence-corrected chi connectivity index (χ0v) is 5.46. The van der Waals surface area contributed by atoms with E-state index in [1.165, 1.54) is 12.3 Å². The molecule has 1 amide bonds. The fourth-order valence-electron chi connectivity index (χ4n) is 0.588. The van der Waals surface area contributed by atoms with E-state index in [2.05, 4.69) is 4.74 Å². The molecule has 1 heterocycles. The Morgan fingerprint density at radius 1 is 1.80 bits per heavy atom. The van der Waals surface area contributed by atoms with Crippen LogP contribution in [-0.4, -0.2) is 6.09 Å². The van der Waals surface area contributed by atoms with Crippen molar-refractivity contribution in [2.45, 2.75) is 6.92 Å². The van der Waals surface area contributed by atoms with Crippen LogP contribution in [0.1, 0.15) is 5.76 Å². The third-order valence-corrected chi connectivity index (χ3v) is 1.02. The number of amides is 1. The van der Waals surface area contributed by atoms with Gasteiger partial charge in [-0.25, -0.2) is 4.79 Å². The summed E-state index contributed by atoms with van der Waals surface area (Å²) in [5, 5.41) is 0. The summed E-state index contributed by atoms with van der Waals surface area (Å²) in [6.07, 6.45) is 0.595. The van der Waals surface area contributed by atoms with Crippen LogP contribution in [0.15, 0.2) is 16.7 Å². The monoisotopic (exact) mass is 141 g/mol. The van der Waals surface area contributed by atoms with E-state index in [4.69, 9.17) is 10.2 Å². The maximum absolute atomic E-state index is 10.2. The van der Waals surface area contributed by atoms with Crippen LogP contribution in [0.25, 0.3) is 0 Å². The zero-order valence-electron chi connectivity index (χ0n) is 5.46. The lowest BCUT2D eigenvalue weighted by Gasteiger charge is -1.94. The SMILES string of the molecule is Cc1occc1OC(N)=O. The van der Waals surface area contributed by atoms with Crippen molar-refractivity contribution in [3.8, 4) is 5.75 Å². The number of nitrogens with two attached hydrogens (primary N) is 1. The van der Waals surface area contributed by atoms with E-state index in [1.54, 1.807) is 6.92 Å². The van der Waals surface area contributed by atoms with Crippen LogP contribution in [0.3, 0.4) is 0 Å². The van der Waals surface area contributed by atoms with Crippen LogP contribution in [-0.2, 0) is 0 Å². The van der Waals surface area contributed by atoms with Crippen LogP contribution >= 0.6 is 0 Å². The smallest absolute Gasteiger partial charge is 0.410 e. The standard InChI is InChI=1S/C6H7NO3/c1-4-5(2-3-9-4)10-6(7)8/h2-3H,1H3,(H2,7,8). The summed E-state index contributed by atoms with van der Waals surface area (Å²) in [6, 6.07) is 1.53. The first-order valence-electron chi connectivity index (χ1n) is 2.71. The second kappa shape index (κ2) is 2.43. The third kappa shape index (κ3) is 1.28. The van der Waals surface area contributed by atoms with Crippen LogP contribution < -0.4 is 10.5 Å². The van der Waals surface area contributed by atoms with Crippen molar-refractivity contribution in [3.05, 3.63) is 18.1 Å². The van der Waals surface area contributed by atoms with Gasteiger partial charge in [0.2, 0.25) is 0 Å². The average molecular weight is 141 g/mol. The number of rotatable bonds is 1. The predicted octanol–water partition coefficient (Wildman–Crippen LogP) is 1.05. The van der Waals surface area contributed by atoms with Crippen molar-refractivity contribution in [3.63, 3.8) is 0 Å². The first-order chi connectivity index (χ1) is 4.70. The lowest BCUT2D eigenvalue weighted by atomic mass is 10.4. The van der Waals surface area contributed by atoms with Gasteiger partial charge in [0.1, 0.15) is 5.76 Å². The van der Waals surface area contributed by atoms with E-state index in [1.807, 2.05) is 0 Å². The Balaban J connectivity index is 2.74. The fourth-order valence-corrected chi connectivity index (χ4v) is 0.588. The molecule has 10 heavy (non-hydrogen) atoms. The summed E-state index contributed by atoms with van der Waals surface area (Å²) < 4.78 is 9.36. The van der Waals surface area contributed by atoms with Crippen LogP contribution in [0.4, 0.5) is 4.79 Å². The largest absolute Gasteiger partial charge is 0.466 e. The number of aryl methyl sites for hydroxylation is 1. The molecule has 0 bridgehead atoms. The molecule has 54 valence electrons. The number of ether oxygens (including phenoxy) is 1. The van der Waals surface area contributed by atoms with Gasteiger partial charge in [-0.2, -0.15) is 0 Å². The Bertz CT molecular complexity index is 241. The van der Waals surface area contributed by atoms with Crippen molar-refractivity contribution in [2.24, 2.45) is 5.73 Å². The second-order valence-corrected chi connectivity index (χ2v) is 1.76. The van der Waals surface area contributed by atoms with E-state index in [9.17, 15) is 4.79 Å². The Morgan fingerprint density at radius 3 is 2.90 bits per heavy atom. The minimum atomic E-state index is -0.829. The first kappa shape index (κ1) is 6.67. The summed E-state index contributed by atoms with van der Waals surface area (Å²) >= 11 is 0. The topological polar surface area (TPSA) is 65.5 Å². The van der Waals surface area contributed by atoms with Gasteiger partial charge < -0.3 is 14.9 Å². The van der Waals surface area contributed by atoms with Crippen molar-refractivity contribution in [1.82, 2.24) is 0 Å². The van der Waals surface area contributed by atoms with Gasteiger partial charge in [-0.05, 0) is 6.92 Å². The molecule has 0 aliphatic heterocycles. The van der Waals surface area contributed by atoms with Gasteiger partial charge >= 0.3 is 6.09 Å². The molecule has 0 saturated heterocycles. The molecular formula is C6H7NO3. The molecule has 0 saturated carbocycles. The van der Waals surface area contributed by atoms with Crippen LogP contribution in [0.5, 0.6) is 5.75 Å². The summed E-state index contributed by atoms with van der Waals surface area (Å²) in [4.78, 5) is 10.2. The number of furan rings is 1. The Labute approximate surface area is 57.6 Å². The highest BCUT2D eigenvalue weighted by Crippen LogP contribution is 2.17. The molecule has 0 aliphatic carbocycles. The zero-order chi connectivity index (χ0) is 7.56. The Morgan fingerprint density at radius 2 is 2.50 bits per heavy atom. The van der Waals surface area contributed by atoms with Gasteiger partial charge in [0, 0.05) is 6.07 Å². The summed E-state index contributed by atoms with van der Waals surface area (Å²) in [7, 11) is 0. The molecule has 0 aromatic carbocycles. The second-order valence-electron chi connectivity index (χ2n) is 1.76. The van der Waals surface area contributed by atoms with Gasteiger partial charge in [0.15, 0.2) is 5.75 Å². The minimum Gasteiger partial charge on any atom is -0.466 e. The van der Waals surface area contributed by atoms with E-state index in [-0.39, 0.29) is 0 Å². The third-order valence-electron chi connectivity index (χ3n) is 1.02. The van der Waals surface area contributed by atoms with Crippen molar-refractivity contribution in [1.29, 1.82) is 0 Å². The van der Waals surface area contributed by atoms with Crippen LogP contribution in [0.2, 0.25) is 0 Å². The van der Waals surface area contributed by atoms with E-state index >= 15 is 0 Å². The number of hydrogen-bond acceptors (Lipinski definition) is 3. The molecule has 1 aromatic rings. The van der Waals surface area contributed by atoms with E-state index in [0.717, 1.165) is 0 Å². The lowest BCUT2D eigenvalue weighted by Crippen LogP contribution is -2.16. The molecular weight excluding hydrogens is 134 g/mol. The summed E-state index contributed by atoms with van der Waals surface area (Å²) in [5.41, 5.74) is 4.75. The maximum atomic E-state index is 10.2. The highest BCUT2D eigenvalue weighted by molar-refractivity contribution is 5.68. The van der Waals surface area contributed by atoms with E-state index < -0.39 is 6.09 Å². The number of hydrogen-bond donors (Lipinski definition) is 1. The quantitative estimate of drug-likeness (QED) is 0.635. The van der Waals surface area contributed by atoms with Gasteiger partial charge in [-0.1, -0.05) is 0 Å². The number of carbonyl (C=O) groups excluding carboxylic acids is 1.